The minimum atomic E-state index is -0.548. The first-order chi connectivity index (χ1) is 8.70. The van der Waals surface area contributed by atoms with Gasteiger partial charge in [0.15, 0.2) is 0 Å². The molecule has 0 saturated carbocycles. The minimum Gasteiger partial charge on any atom is -0.494 e. The molecule has 0 saturated heterocycles. The van der Waals surface area contributed by atoms with Crippen molar-refractivity contribution < 1.29 is 14.3 Å². The lowest BCUT2D eigenvalue weighted by Crippen LogP contribution is -2.05. The topological polar surface area (TPSA) is 35.5 Å². The highest BCUT2D eigenvalue weighted by Gasteiger charge is 2.03. The number of ether oxygens (including phenoxy) is 2. The third-order valence-corrected chi connectivity index (χ3v) is 2.35. The fourth-order valence-corrected chi connectivity index (χ4v) is 1.34. The molecule has 0 aromatic heterocycles. The van der Waals surface area contributed by atoms with Crippen LogP contribution in [0.25, 0.3) is 0 Å². The van der Waals surface area contributed by atoms with Crippen LogP contribution in [-0.2, 0) is 9.53 Å². The second-order valence-electron chi connectivity index (χ2n) is 3.69. The fraction of sp³-hybridized carbons (Fsp3) is 0.357. The molecular formula is C14H16ClO3. The van der Waals surface area contributed by atoms with E-state index in [0.29, 0.717) is 13.2 Å². The lowest BCUT2D eigenvalue weighted by atomic mass is 10.2. The van der Waals surface area contributed by atoms with Crippen LogP contribution < -0.4 is 4.74 Å². The third-order valence-electron chi connectivity index (χ3n) is 2.20. The Hall–Kier alpha value is -1.48. The van der Waals surface area contributed by atoms with Crippen LogP contribution in [0.2, 0.25) is 0 Å². The highest BCUT2D eigenvalue weighted by molar-refractivity contribution is 6.40. The van der Waals surface area contributed by atoms with Gasteiger partial charge in [0.25, 0.3) is 0 Å². The summed E-state index contributed by atoms with van der Waals surface area (Å²) in [5.74, 6) is 0.298. The van der Waals surface area contributed by atoms with Crippen molar-refractivity contribution >= 4 is 17.6 Å². The van der Waals surface area contributed by atoms with Crippen molar-refractivity contribution in [2.24, 2.45) is 0 Å². The Bertz CT molecular complexity index is 376. The molecule has 0 amide bonds. The van der Waals surface area contributed by atoms with E-state index in [-0.39, 0.29) is 5.03 Å². The fourth-order valence-electron chi connectivity index (χ4n) is 1.28. The van der Waals surface area contributed by atoms with E-state index in [9.17, 15) is 4.79 Å². The van der Waals surface area contributed by atoms with Gasteiger partial charge in [-0.1, -0.05) is 30.3 Å². The quantitative estimate of drug-likeness (QED) is 0.412. The standard InChI is InChI=1S/C14H16ClO3/c1-12(15)14(16)18-11-7-3-6-10-17-13-8-4-2-5-9-13/h4-5,8-9H,1,3,6-7,10-11H2. The van der Waals surface area contributed by atoms with E-state index in [1.165, 1.54) is 0 Å². The zero-order valence-electron chi connectivity index (χ0n) is 10.2. The molecule has 0 N–H and O–H groups in total. The van der Waals surface area contributed by atoms with Gasteiger partial charge in [0.2, 0.25) is 0 Å². The molecule has 97 valence electrons. The predicted octanol–water partition coefficient (Wildman–Crippen LogP) is 3.33. The van der Waals surface area contributed by atoms with Crippen molar-refractivity contribution in [2.75, 3.05) is 13.2 Å². The number of hydrogen-bond acceptors (Lipinski definition) is 3. The Labute approximate surface area is 112 Å². The average molecular weight is 268 g/mol. The largest absolute Gasteiger partial charge is 0.494 e. The number of esters is 1. The third kappa shape index (κ3) is 6.30. The summed E-state index contributed by atoms with van der Waals surface area (Å²) < 4.78 is 10.4. The van der Waals surface area contributed by atoms with E-state index in [1.54, 1.807) is 0 Å². The van der Waals surface area contributed by atoms with Gasteiger partial charge >= 0.3 is 5.97 Å². The smallest absolute Gasteiger partial charge is 0.349 e. The first kappa shape index (κ1) is 14.6. The molecule has 0 aliphatic rings. The maximum atomic E-state index is 10.9. The Morgan fingerprint density at radius 1 is 1.22 bits per heavy atom. The Balaban J connectivity index is 1.96. The summed E-state index contributed by atoms with van der Waals surface area (Å²) in [6.45, 7) is 4.30. The molecule has 0 aliphatic carbocycles. The molecule has 4 heteroatoms. The molecule has 1 rings (SSSR count). The highest BCUT2D eigenvalue weighted by atomic mass is 35.5. The van der Waals surface area contributed by atoms with E-state index in [1.807, 2.05) is 24.3 Å². The van der Waals surface area contributed by atoms with Crippen LogP contribution in [0.5, 0.6) is 5.75 Å². The van der Waals surface area contributed by atoms with Crippen molar-refractivity contribution in [3.63, 3.8) is 0 Å². The van der Waals surface area contributed by atoms with E-state index in [4.69, 9.17) is 21.1 Å². The van der Waals surface area contributed by atoms with Gasteiger partial charge in [-0.3, -0.25) is 0 Å². The summed E-state index contributed by atoms with van der Waals surface area (Å²) >= 11 is 5.37. The molecule has 1 radical (unpaired) electrons. The van der Waals surface area contributed by atoms with Crippen LogP contribution in [0.3, 0.4) is 0 Å². The summed E-state index contributed by atoms with van der Waals surface area (Å²) in [5, 5.41) is -0.0841. The van der Waals surface area contributed by atoms with Crippen molar-refractivity contribution in [1.29, 1.82) is 0 Å². The molecule has 0 heterocycles. The monoisotopic (exact) mass is 267 g/mol. The molecule has 18 heavy (non-hydrogen) atoms. The van der Waals surface area contributed by atoms with Gasteiger partial charge in [-0.25, -0.2) is 4.79 Å². The normalized spacial score (nSPS) is 9.83. The molecule has 0 bridgehead atoms. The van der Waals surface area contributed by atoms with Crippen LogP contribution in [0.1, 0.15) is 19.3 Å². The van der Waals surface area contributed by atoms with Gasteiger partial charge in [-0.15, -0.1) is 0 Å². The van der Waals surface area contributed by atoms with Crippen LogP contribution in [0.15, 0.2) is 35.9 Å². The van der Waals surface area contributed by atoms with Gasteiger partial charge in [0.05, 0.1) is 13.2 Å². The van der Waals surface area contributed by atoms with Crippen LogP contribution >= 0.6 is 11.6 Å². The van der Waals surface area contributed by atoms with Gasteiger partial charge in [-0.05, 0) is 37.5 Å². The van der Waals surface area contributed by atoms with Crippen LogP contribution in [0.4, 0.5) is 0 Å². The number of carbonyl (C=O) groups excluding carboxylic acids is 1. The zero-order valence-corrected chi connectivity index (χ0v) is 10.9. The molecule has 3 nitrogen and oxygen atoms in total. The maximum absolute atomic E-state index is 10.9. The van der Waals surface area contributed by atoms with E-state index in [0.717, 1.165) is 25.0 Å². The van der Waals surface area contributed by atoms with Gasteiger partial charge in [-0.2, -0.15) is 0 Å². The first-order valence-corrected chi connectivity index (χ1v) is 6.18. The number of carbonyl (C=O) groups is 1. The van der Waals surface area contributed by atoms with Crippen LogP contribution in [0, 0.1) is 6.07 Å². The molecular weight excluding hydrogens is 252 g/mol. The minimum absolute atomic E-state index is 0.0841. The predicted molar refractivity (Wildman–Crippen MR) is 70.6 cm³/mol. The zero-order chi connectivity index (χ0) is 13.2. The molecule has 0 atom stereocenters. The molecule has 1 aromatic carbocycles. The Morgan fingerprint density at radius 3 is 2.56 bits per heavy atom. The second-order valence-corrected chi connectivity index (χ2v) is 4.14. The van der Waals surface area contributed by atoms with Gasteiger partial charge < -0.3 is 9.47 Å². The molecule has 0 spiro atoms. The average Bonchev–Trinajstić information content (AvgIpc) is 2.38. The van der Waals surface area contributed by atoms with Crippen molar-refractivity contribution in [2.45, 2.75) is 19.3 Å². The van der Waals surface area contributed by atoms with Crippen molar-refractivity contribution in [3.05, 3.63) is 41.9 Å². The Morgan fingerprint density at radius 2 is 1.89 bits per heavy atom. The SMILES string of the molecule is C=C(Cl)C(=O)OCCCCCOc1cc[c]cc1. The van der Waals surface area contributed by atoms with Crippen molar-refractivity contribution in [3.8, 4) is 5.75 Å². The van der Waals surface area contributed by atoms with Crippen LogP contribution in [-0.4, -0.2) is 19.2 Å². The van der Waals surface area contributed by atoms with Crippen molar-refractivity contribution in [1.82, 2.24) is 0 Å². The summed E-state index contributed by atoms with van der Waals surface area (Å²) in [7, 11) is 0. The van der Waals surface area contributed by atoms with Gasteiger partial charge in [0, 0.05) is 0 Å². The number of hydrogen-bond donors (Lipinski definition) is 0. The van der Waals surface area contributed by atoms with E-state index >= 15 is 0 Å². The summed E-state index contributed by atoms with van der Waals surface area (Å²) in [4.78, 5) is 10.9. The number of rotatable bonds is 8. The lowest BCUT2D eigenvalue weighted by Gasteiger charge is -2.06. The van der Waals surface area contributed by atoms with E-state index < -0.39 is 5.97 Å². The molecule has 0 fully saturated rings. The first-order valence-electron chi connectivity index (χ1n) is 5.80. The number of halogens is 1. The molecule has 0 unspecified atom stereocenters. The lowest BCUT2D eigenvalue weighted by molar-refractivity contribution is -0.138. The van der Waals surface area contributed by atoms with Gasteiger partial charge in [0.1, 0.15) is 10.8 Å². The highest BCUT2D eigenvalue weighted by Crippen LogP contribution is 2.09. The molecule has 1 aromatic rings. The summed E-state index contributed by atoms with van der Waals surface area (Å²) in [6.07, 6.45) is 2.64. The second kappa shape index (κ2) is 8.59. The summed E-state index contributed by atoms with van der Waals surface area (Å²) in [5.41, 5.74) is 0. The van der Waals surface area contributed by atoms with E-state index in [2.05, 4.69) is 12.6 Å². The summed E-state index contributed by atoms with van der Waals surface area (Å²) in [6, 6.07) is 10.3. The number of unbranched alkanes of at least 4 members (excludes halogenated alkanes) is 2. The maximum Gasteiger partial charge on any atom is 0.349 e. The number of benzene rings is 1. The Kier molecular flexibility index (Phi) is 6.96. The molecule has 0 aliphatic heterocycles.